The van der Waals surface area contributed by atoms with Crippen molar-refractivity contribution in [3.63, 3.8) is 0 Å². The van der Waals surface area contributed by atoms with E-state index in [0.717, 1.165) is 5.56 Å². The Morgan fingerprint density at radius 3 is 1.83 bits per heavy atom. The molecular weight excluding hydrogens is 544 g/mol. The Hall–Kier alpha value is -4.91. The van der Waals surface area contributed by atoms with Crippen LogP contribution in [0.3, 0.4) is 0 Å². The fourth-order valence-electron chi connectivity index (χ4n) is 4.20. The number of amides is 3. The van der Waals surface area contributed by atoms with Crippen LogP contribution in [-0.4, -0.2) is 73.1 Å². The Labute approximate surface area is 242 Å². The van der Waals surface area contributed by atoms with Crippen LogP contribution >= 0.6 is 0 Å². The van der Waals surface area contributed by atoms with Gasteiger partial charge in [0.2, 0.25) is 17.7 Å². The van der Waals surface area contributed by atoms with Gasteiger partial charge in [-0.3, -0.25) is 14.4 Å². The molecule has 0 bridgehead atoms. The quantitative estimate of drug-likeness (QED) is 0.132. The first-order valence-electron chi connectivity index (χ1n) is 13.4. The molecule has 0 fully saturated rings. The standard InChI is InChI=1S/C29H36N6O7/c1-16(2)25(35-26(38)22(30)11-17-3-7-20(36)8-4-17)28(40)33-23(12-18-5-9-21(37)10-6-18)27(39)34-24(29(41)42)13-19-14-31-15-32-19/h3-10,14-16,22-25,36-37H,11-13,30H2,1-2H3,(H,31,32)(H,33,40)(H,34,39)(H,35,38)(H,41,42). The summed E-state index contributed by atoms with van der Waals surface area (Å²) in [6.07, 6.45) is 2.91. The summed E-state index contributed by atoms with van der Waals surface area (Å²) in [7, 11) is 0. The average molecular weight is 581 g/mol. The van der Waals surface area contributed by atoms with Gasteiger partial charge in [-0.2, -0.15) is 0 Å². The van der Waals surface area contributed by atoms with Crippen molar-refractivity contribution in [3.8, 4) is 11.5 Å². The van der Waals surface area contributed by atoms with Crippen molar-refractivity contribution < 1.29 is 34.5 Å². The lowest BCUT2D eigenvalue weighted by Gasteiger charge is -2.27. The molecule has 0 saturated carbocycles. The van der Waals surface area contributed by atoms with Crippen LogP contribution < -0.4 is 21.7 Å². The number of H-pyrrole nitrogens is 1. The zero-order chi connectivity index (χ0) is 30.8. The maximum absolute atomic E-state index is 13.4. The number of aromatic nitrogens is 2. The van der Waals surface area contributed by atoms with Gasteiger partial charge in [-0.15, -0.1) is 0 Å². The molecule has 13 heteroatoms. The largest absolute Gasteiger partial charge is 0.508 e. The number of imidazole rings is 1. The summed E-state index contributed by atoms with van der Waals surface area (Å²) < 4.78 is 0. The molecule has 3 rings (SSSR count). The number of nitrogens with one attached hydrogen (secondary N) is 4. The van der Waals surface area contributed by atoms with Gasteiger partial charge in [-0.05, 0) is 47.7 Å². The number of phenolic OH excluding ortho intramolecular Hbond substituents is 2. The molecule has 9 N–H and O–H groups in total. The normalized spacial score (nSPS) is 13.9. The van der Waals surface area contributed by atoms with E-state index in [4.69, 9.17) is 5.73 Å². The number of benzene rings is 2. The highest BCUT2D eigenvalue weighted by atomic mass is 16.4. The van der Waals surface area contributed by atoms with Gasteiger partial charge in [0.05, 0.1) is 12.4 Å². The molecule has 13 nitrogen and oxygen atoms in total. The first kappa shape index (κ1) is 31.6. The van der Waals surface area contributed by atoms with E-state index in [9.17, 15) is 34.5 Å². The number of aliphatic carboxylic acids is 1. The topological polar surface area (TPSA) is 220 Å². The molecule has 4 unspecified atom stereocenters. The van der Waals surface area contributed by atoms with Crippen LogP contribution in [0.1, 0.15) is 30.7 Å². The number of hydrogen-bond donors (Lipinski definition) is 8. The zero-order valence-corrected chi connectivity index (χ0v) is 23.3. The molecule has 42 heavy (non-hydrogen) atoms. The second-order valence-electron chi connectivity index (χ2n) is 10.3. The first-order valence-corrected chi connectivity index (χ1v) is 13.4. The molecule has 224 valence electrons. The minimum atomic E-state index is -1.31. The van der Waals surface area contributed by atoms with E-state index < -0.39 is 47.9 Å². The van der Waals surface area contributed by atoms with Gasteiger partial charge in [0.25, 0.3) is 0 Å². The fraction of sp³-hybridized carbons (Fsp3) is 0.345. The van der Waals surface area contributed by atoms with Gasteiger partial charge in [-0.25, -0.2) is 9.78 Å². The molecule has 2 aromatic carbocycles. The van der Waals surface area contributed by atoms with Crippen LogP contribution in [0.4, 0.5) is 0 Å². The average Bonchev–Trinajstić information content (AvgIpc) is 3.46. The van der Waals surface area contributed by atoms with Crippen molar-refractivity contribution in [1.82, 2.24) is 25.9 Å². The molecule has 1 heterocycles. The summed E-state index contributed by atoms with van der Waals surface area (Å²) >= 11 is 0. The number of rotatable bonds is 14. The predicted molar refractivity (Wildman–Crippen MR) is 152 cm³/mol. The second kappa shape index (κ2) is 14.6. The number of carboxylic acids is 1. The van der Waals surface area contributed by atoms with Gasteiger partial charge in [-0.1, -0.05) is 38.1 Å². The van der Waals surface area contributed by atoms with Crippen LogP contribution in [0.2, 0.25) is 0 Å². The van der Waals surface area contributed by atoms with E-state index in [1.54, 1.807) is 38.1 Å². The van der Waals surface area contributed by atoms with Crippen LogP contribution in [0.25, 0.3) is 0 Å². The Balaban J connectivity index is 1.75. The van der Waals surface area contributed by atoms with E-state index in [-0.39, 0.29) is 36.7 Å². The number of nitrogens with two attached hydrogens (primary N) is 1. The molecular formula is C29H36N6O7. The highest BCUT2D eigenvalue weighted by Crippen LogP contribution is 2.14. The molecule has 0 spiro atoms. The minimum Gasteiger partial charge on any atom is -0.508 e. The zero-order valence-electron chi connectivity index (χ0n) is 23.3. The Morgan fingerprint density at radius 1 is 0.786 bits per heavy atom. The molecule has 0 saturated heterocycles. The lowest BCUT2D eigenvalue weighted by atomic mass is 9.99. The maximum Gasteiger partial charge on any atom is 0.326 e. The third-order valence-electron chi connectivity index (χ3n) is 6.58. The highest BCUT2D eigenvalue weighted by Gasteiger charge is 2.32. The number of carbonyl (C=O) groups is 4. The van der Waals surface area contributed by atoms with Crippen molar-refractivity contribution in [2.45, 2.75) is 57.3 Å². The number of carboxylic acid groups (broad SMARTS) is 1. The van der Waals surface area contributed by atoms with Crippen LogP contribution in [0, 0.1) is 5.92 Å². The fourth-order valence-corrected chi connectivity index (χ4v) is 4.20. The van der Waals surface area contributed by atoms with Crippen molar-refractivity contribution in [3.05, 3.63) is 77.9 Å². The monoisotopic (exact) mass is 580 g/mol. The number of nitrogens with zero attached hydrogens (tertiary/aromatic N) is 1. The summed E-state index contributed by atoms with van der Waals surface area (Å²) in [4.78, 5) is 58.2. The number of phenols is 2. The van der Waals surface area contributed by atoms with Crippen molar-refractivity contribution >= 4 is 23.7 Å². The number of carbonyl (C=O) groups excluding carboxylic acids is 3. The van der Waals surface area contributed by atoms with Crippen molar-refractivity contribution in [2.24, 2.45) is 11.7 Å². The molecule has 4 atom stereocenters. The Bertz CT molecular complexity index is 1340. The molecule has 0 radical (unpaired) electrons. The van der Waals surface area contributed by atoms with E-state index in [1.807, 2.05) is 0 Å². The second-order valence-corrected chi connectivity index (χ2v) is 10.3. The minimum absolute atomic E-state index is 0.0144. The van der Waals surface area contributed by atoms with E-state index in [0.29, 0.717) is 11.3 Å². The summed E-state index contributed by atoms with van der Waals surface area (Å²) in [5.41, 5.74) is 7.89. The van der Waals surface area contributed by atoms with E-state index in [1.165, 1.54) is 36.8 Å². The molecule has 0 aliphatic carbocycles. The molecule has 3 amide bonds. The lowest BCUT2D eigenvalue weighted by Crippen LogP contribution is -2.59. The maximum atomic E-state index is 13.4. The van der Waals surface area contributed by atoms with Crippen LogP contribution in [-0.2, 0) is 38.4 Å². The van der Waals surface area contributed by atoms with Crippen LogP contribution in [0.5, 0.6) is 11.5 Å². The first-order chi connectivity index (χ1) is 19.9. The molecule has 3 aromatic rings. The van der Waals surface area contributed by atoms with Crippen LogP contribution in [0.15, 0.2) is 61.1 Å². The predicted octanol–water partition coefficient (Wildman–Crippen LogP) is 0.371. The number of aromatic amines is 1. The summed E-state index contributed by atoms with van der Waals surface area (Å²) in [5, 5.41) is 36.6. The van der Waals surface area contributed by atoms with Gasteiger partial charge in [0.1, 0.15) is 29.6 Å². The third kappa shape index (κ3) is 9.34. The lowest BCUT2D eigenvalue weighted by molar-refractivity contribution is -0.142. The van der Waals surface area contributed by atoms with Gasteiger partial charge in [0, 0.05) is 24.7 Å². The van der Waals surface area contributed by atoms with Crippen molar-refractivity contribution in [1.29, 1.82) is 0 Å². The summed E-state index contributed by atoms with van der Waals surface area (Å²) in [5.74, 6) is -3.56. The van der Waals surface area contributed by atoms with Gasteiger partial charge < -0.3 is 42.0 Å². The van der Waals surface area contributed by atoms with Gasteiger partial charge in [0.15, 0.2) is 0 Å². The third-order valence-corrected chi connectivity index (χ3v) is 6.58. The molecule has 1 aromatic heterocycles. The highest BCUT2D eigenvalue weighted by molar-refractivity contribution is 5.94. The smallest absolute Gasteiger partial charge is 0.326 e. The van der Waals surface area contributed by atoms with E-state index >= 15 is 0 Å². The van der Waals surface area contributed by atoms with Gasteiger partial charge >= 0.3 is 5.97 Å². The SMILES string of the molecule is CC(C)C(NC(=O)C(N)Cc1ccc(O)cc1)C(=O)NC(Cc1ccc(O)cc1)C(=O)NC(Cc1cnc[nH]1)C(=O)O. The summed E-state index contributed by atoms with van der Waals surface area (Å²) in [6.45, 7) is 3.44. The molecule has 0 aliphatic rings. The Morgan fingerprint density at radius 2 is 1.33 bits per heavy atom. The van der Waals surface area contributed by atoms with Crippen molar-refractivity contribution in [2.75, 3.05) is 0 Å². The summed E-state index contributed by atoms with van der Waals surface area (Å²) in [6, 6.07) is 7.67. The van der Waals surface area contributed by atoms with E-state index in [2.05, 4.69) is 25.9 Å². The molecule has 0 aliphatic heterocycles. The number of hydrogen-bond acceptors (Lipinski definition) is 8. The Kier molecular flexibility index (Phi) is 11.0. The number of aromatic hydroxyl groups is 2.